The summed E-state index contributed by atoms with van der Waals surface area (Å²) in [4.78, 5) is 0. The van der Waals surface area contributed by atoms with Crippen LogP contribution in [-0.4, -0.2) is 49.9 Å². The molecule has 0 aliphatic rings. The maximum absolute atomic E-state index is 5.64. The molecule has 0 aliphatic carbocycles. The maximum atomic E-state index is 5.64. The van der Waals surface area contributed by atoms with Crippen molar-refractivity contribution in [3.63, 3.8) is 0 Å². The molecule has 0 N–H and O–H groups in total. The Balaban J connectivity index is 5.27. The summed E-state index contributed by atoms with van der Waals surface area (Å²) in [7, 11) is -0.630. The Hall–Kier alpha value is 0.531. The molecule has 0 aliphatic heterocycles. The molecule has 0 rings (SSSR count). The van der Waals surface area contributed by atoms with E-state index in [9.17, 15) is 0 Å². The molecule has 1 atom stereocenters. The Morgan fingerprint density at radius 2 is 1.29 bits per heavy atom. The second kappa shape index (κ2) is 6.63. The molecule has 1 unspecified atom stereocenters. The van der Waals surface area contributed by atoms with E-state index in [0.717, 1.165) is 6.42 Å². The third kappa shape index (κ3) is 4.96. The van der Waals surface area contributed by atoms with E-state index in [1.54, 1.807) is 14.2 Å². The first-order chi connectivity index (χ1) is 7.59. The molecule has 0 aromatic heterocycles. The molecule has 0 aromatic rings. The van der Waals surface area contributed by atoms with Gasteiger partial charge in [0, 0.05) is 19.9 Å². The van der Waals surface area contributed by atoms with Crippen LogP contribution in [-0.2, 0) is 8.85 Å². The van der Waals surface area contributed by atoms with Crippen LogP contribution < -0.4 is 0 Å². The molecule has 0 fully saturated rings. The van der Waals surface area contributed by atoms with Crippen LogP contribution in [0.2, 0.25) is 39.3 Å². The van der Waals surface area contributed by atoms with E-state index in [0.29, 0.717) is 5.67 Å². The van der Waals surface area contributed by atoms with Crippen molar-refractivity contribution in [3.05, 3.63) is 0 Å². The smallest absolute Gasteiger partial charge is 0.337 e. The van der Waals surface area contributed by atoms with Crippen molar-refractivity contribution in [3.8, 4) is 0 Å². The Morgan fingerprint density at radius 3 is 1.47 bits per heavy atom. The van der Waals surface area contributed by atoms with Gasteiger partial charge in [-0.3, -0.25) is 0 Å². The quantitative estimate of drug-likeness (QED) is 0.674. The van der Waals surface area contributed by atoms with E-state index in [2.05, 4.69) is 50.4 Å². The SMILES string of the molecule is CCC(N([Si](C)(C)C)[Si](C)(C)C)[SiH](OC)OC. The summed E-state index contributed by atoms with van der Waals surface area (Å²) in [5, 5.41) is 0. The van der Waals surface area contributed by atoms with Crippen LogP contribution in [0.4, 0.5) is 0 Å². The van der Waals surface area contributed by atoms with Crippen molar-refractivity contribution in [1.82, 2.24) is 4.23 Å². The van der Waals surface area contributed by atoms with E-state index in [1.807, 2.05) is 0 Å². The van der Waals surface area contributed by atoms with Gasteiger partial charge >= 0.3 is 9.28 Å². The minimum absolute atomic E-state index is 0.517. The van der Waals surface area contributed by atoms with Crippen LogP contribution in [0.1, 0.15) is 13.3 Å². The topological polar surface area (TPSA) is 21.7 Å². The van der Waals surface area contributed by atoms with Crippen molar-refractivity contribution >= 4 is 25.8 Å². The molecular formula is C11H31NO2Si3. The van der Waals surface area contributed by atoms with Gasteiger partial charge in [0.05, 0.1) is 0 Å². The lowest BCUT2D eigenvalue weighted by molar-refractivity contribution is 0.247. The van der Waals surface area contributed by atoms with Crippen LogP contribution in [0.3, 0.4) is 0 Å². The summed E-state index contributed by atoms with van der Waals surface area (Å²) in [6.07, 6.45) is 1.13. The zero-order valence-corrected chi connectivity index (χ0v) is 16.3. The molecule has 0 heterocycles. The van der Waals surface area contributed by atoms with Gasteiger partial charge in [0.25, 0.3) is 0 Å². The lowest BCUT2D eigenvalue weighted by atomic mass is 10.5. The van der Waals surface area contributed by atoms with Gasteiger partial charge in [-0.2, -0.15) is 0 Å². The van der Waals surface area contributed by atoms with Crippen LogP contribution in [0.25, 0.3) is 0 Å². The number of nitrogens with zero attached hydrogens (tertiary/aromatic N) is 1. The van der Waals surface area contributed by atoms with Crippen LogP contribution >= 0.6 is 0 Å². The van der Waals surface area contributed by atoms with E-state index >= 15 is 0 Å². The fraction of sp³-hybridized carbons (Fsp3) is 1.00. The molecular weight excluding hydrogens is 262 g/mol. The van der Waals surface area contributed by atoms with E-state index < -0.39 is 25.8 Å². The molecule has 0 saturated heterocycles. The van der Waals surface area contributed by atoms with Gasteiger partial charge in [-0.25, -0.2) is 0 Å². The van der Waals surface area contributed by atoms with Crippen molar-refractivity contribution < 1.29 is 8.85 Å². The molecule has 0 bridgehead atoms. The fourth-order valence-electron chi connectivity index (χ4n) is 2.91. The van der Waals surface area contributed by atoms with Crippen molar-refractivity contribution in [2.24, 2.45) is 0 Å². The Bertz CT molecular complexity index is 208. The van der Waals surface area contributed by atoms with Gasteiger partial charge in [-0.05, 0) is 6.42 Å². The lowest BCUT2D eigenvalue weighted by Crippen LogP contribution is -2.67. The highest BCUT2D eigenvalue weighted by atomic mass is 28.4. The van der Waals surface area contributed by atoms with Crippen LogP contribution in [0.15, 0.2) is 0 Å². The van der Waals surface area contributed by atoms with Crippen LogP contribution in [0, 0.1) is 0 Å². The summed E-state index contributed by atoms with van der Waals surface area (Å²) in [5.74, 6) is 0. The van der Waals surface area contributed by atoms with Gasteiger partial charge in [0.2, 0.25) is 0 Å². The molecule has 104 valence electrons. The highest BCUT2D eigenvalue weighted by Crippen LogP contribution is 2.26. The first kappa shape index (κ1) is 17.5. The minimum atomic E-state index is -1.57. The number of hydrogen-bond acceptors (Lipinski definition) is 3. The fourth-order valence-corrected chi connectivity index (χ4v) is 18.2. The van der Waals surface area contributed by atoms with Crippen LogP contribution in [0.5, 0.6) is 0 Å². The molecule has 3 nitrogen and oxygen atoms in total. The minimum Gasteiger partial charge on any atom is -0.399 e. The Labute approximate surface area is 112 Å². The molecule has 0 spiro atoms. The zero-order valence-electron chi connectivity index (χ0n) is 13.1. The molecule has 0 saturated carbocycles. The van der Waals surface area contributed by atoms with Crippen molar-refractivity contribution in [2.75, 3.05) is 14.2 Å². The van der Waals surface area contributed by atoms with E-state index in [-0.39, 0.29) is 0 Å². The van der Waals surface area contributed by atoms with E-state index in [1.165, 1.54) is 0 Å². The van der Waals surface area contributed by atoms with Crippen molar-refractivity contribution in [2.45, 2.75) is 58.3 Å². The molecule has 0 amide bonds. The molecule has 17 heavy (non-hydrogen) atoms. The summed E-state index contributed by atoms with van der Waals surface area (Å²) >= 11 is 0. The summed E-state index contributed by atoms with van der Waals surface area (Å²) < 4.78 is 14.1. The average molecular weight is 294 g/mol. The largest absolute Gasteiger partial charge is 0.399 e. The number of hydrogen-bond donors (Lipinski definition) is 0. The molecule has 0 radical (unpaired) electrons. The van der Waals surface area contributed by atoms with Gasteiger partial charge in [-0.1, -0.05) is 46.2 Å². The molecule has 0 aromatic carbocycles. The highest BCUT2D eigenvalue weighted by molar-refractivity contribution is 6.90. The summed E-state index contributed by atoms with van der Waals surface area (Å²) in [6, 6.07) is 0. The van der Waals surface area contributed by atoms with Gasteiger partial charge in [0.1, 0.15) is 16.5 Å². The van der Waals surface area contributed by atoms with Gasteiger partial charge < -0.3 is 13.1 Å². The monoisotopic (exact) mass is 293 g/mol. The van der Waals surface area contributed by atoms with E-state index in [4.69, 9.17) is 8.85 Å². The second-order valence-corrected chi connectivity index (χ2v) is 19.1. The second-order valence-electron chi connectivity index (χ2n) is 6.53. The Morgan fingerprint density at radius 1 is 0.941 bits per heavy atom. The number of rotatable bonds is 7. The third-order valence-electron chi connectivity index (χ3n) is 2.97. The van der Waals surface area contributed by atoms with Gasteiger partial charge in [-0.15, -0.1) is 0 Å². The lowest BCUT2D eigenvalue weighted by Gasteiger charge is -2.49. The average Bonchev–Trinajstić information content (AvgIpc) is 2.13. The predicted molar refractivity (Wildman–Crippen MR) is 83.8 cm³/mol. The predicted octanol–water partition coefficient (Wildman–Crippen LogP) is 2.79. The first-order valence-electron chi connectivity index (χ1n) is 6.44. The van der Waals surface area contributed by atoms with Gasteiger partial charge in [0.15, 0.2) is 0 Å². The molecule has 6 heteroatoms. The maximum Gasteiger partial charge on any atom is 0.337 e. The van der Waals surface area contributed by atoms with Crippen molar-refractivity contribution in [1.29, 1.82) is 0 Å². The normalized spacial score (nSPS) is 15.7. The standard InChI is InChI=1S/C11H31NO2Si3/c1-10-11(15(13-2)14-3)12(16(4,5)6)17(7,8)9/h11,15H,10H2,1-9H3. The summed E-state index contributed by atoms with van der Waals surface area (Å²) in [6.45, 7) is 16.9. The first-order valence-corrected chi connectivity index (χ1v) is 14.9. The zero-order chi connectivity index (χ0) is 13.9. The summed E-state index contributed by atoms with van der Waals surface area (Å²) in [5.41, 5.74) is 0.517. The highest BCUT2D eigenvalue weighted by Gasteiger charge is 2.42. The Kier molecular flexibility index (Phi) is 6.83. The third-order valence-corrected chi connectivity index (χ3v) is 13.5.